The molecule has 0 fully saturated rings. The number of hydrogen-bond acceptors (Lipinski definition) is 1. The van der Waals surface area contributed by atoms with E-state index >= 15 is 0 Å². The normalized spacial score (nSPS) is 11.9. The molecular weight excluding hydrogens is 231 g/mol. The van der Waals surface area contributed by atoms with Crippen LogP contribution in [0, 0.1) is 0 Å². The van der Waals surface area contributed by atoms with Crippen molar-refractivity contribution >= 4 is 24.9 Å². The van der Waals surface area contributed by atoms with Crippen LogP contribution in [0.5, 0.6) is 0 Å². The van der Waals surface area contributed by atoms with Crippen LogP contribution in [0.4, 0.5) is 0 Å². The van der Waals surface area contributed by atoms with Crippen LogP contribution in [0.3, 0.4) is 0 Å². The summed E-state index contributed by atoms with van der Waals surface area (Å²) in [6.45, 7) is 6.84. The van der Waals surface area contributed by atoms with E-state index in [0.717, 1.165) is 0 Å². The summed E-state index contributed by atoms with van der Waals surface area (Å²) in [5.41, 5.74) is 0. The van der Waals surface area contributed by atoms with Gasteiger partial charge in [0.1, 0.15) is 0 Å². The van der Waals surface area contributed by atoms with Crippen molar-refractivity contribution in [3.8, 4) is 0 Å². The van der Waals surface area contributed by atoms with Crippen molar-refractivity contribution in [2.45, 2.75) is 24.2 Å². The summed E-state index contributed by atoms with van der Waals surface area (Å²) in [6, 6.07) is 4.07. The first-order valence-electron chi connectivity index (χ1n) is 3.40. The Morgan fingerprint density at radius 2 is 2.10 bits per heavy atom. The van der Waals surface area contributed by atoms with E-state index in [4.69, 9.17) is 4.42 Å². The van der Waals surface area contributed by atoms with E-state index in [1.54, 1.807) is 6.26 Å². The third kappa shape index (κ3) is 2.77. The maximum atomic E-state index is 5.29. The average Bonchev–Trinajstić information content (AvgIpc) is 2.12. The average molecular weight is 243 g/mol. The zero-order chi connectivity index (χ0) is 7.61. The molecule has 1 heterocycles. The van der Waals surface area contributed by atoms with Crippen LogP contribution >= 0.6 is 0 Å². The van der Waals surface area contributed by atoms with E-state index in [-0.39, 0.29) is 0 Å². The Hall–Kier alpha value is 0.0787. The van der Waals surface area contributed by atoms with Gasteiger partial charge in [0.2, 0.25) is 0 Å². The second kappa shape index (κ2) is 2.99. The first-order chi connectivity index (χ1) is 4.58. The van der Waals surface area contributed by atoms with Crippen LogP contribution in [0.25, 0.3) is 0 Å². The first kappa shape index (κ1) is 8.18. The molecule has 0 N–H and O–H groups in total. The molecule has 1 nitrogen and oxygen atoms in total. The van der Waals surface area contributed by atoms with Crippen LogP contribution in [0.15, 0.2) is 22.8 Å². The Kier molecular flexibility index (Phi) is 2.44. The number of hydrogen-bond donors (Lipinski definition) is 0. The van der Waals surface area contributed by atoms with Gasteiger partial charge in [0.25, 0.3) is 0 Å². The van der Waals surface area contributed by atoms with Crippen molar-refractivity contribution in [2.24, 2.45) is 0 Å². The molecule has 1 rings (SSSR count). The van der Waals surface area contributed by atoms with Crippen LogP contribution in [-0.2, 0) is 0 Å². The molecule has 0 saturated carbocycles. The van der Waals surface area contributed by atoms with Gasteiger partial charge in [-0.2, -0.15) is 0 Å². The van der Waals surface area contributed by atoms with Gasteiger partial charge in [-0.3, -0.25) is 0 Å². The van der Waals surface area contributed by atoms with Crippen molar-refractivity contribution in [3.63, 3.8) is 0 Å². The Morgan fingerprint density at radius 3 is 2.50 bits per heavy atom. The molecule has 0 atom stereocenters. The van der Waals surface area contributed by atoms with Gasteiger partial charge in [0.15, 0.2) is 0 Å². The molecule has 0 amide bonds. The minimum absolute atomic E-state index is 0.469. The predicted molar refractivity (Wildman–Crippen MR) is 43.8 cm³/mol. The fourth-order valence-corrected chi connectivity index (χ4v) is 3.70. The van der Waals surface area contributed by atoms with E-state index in [9.17, 15) is 0 Å². The SMILES string of the molecule is C[C](C)(C)[Sn][c]1ccco1. The summed E-state index contributed by atoms with van der Waals surface area (Å²) in [5.74, 6) is 0. The first-order valence-corrected chi connectivity index (χ1v) is 6.25. The van der Waals surface area contributed by atoms with Crippen LogP contribution in [0.1, 0.15) is 20.8 Å². The molecule has 0 spiro atoms. The summed E-state index contributed by atoms with van der Waals surface area (Å²) in [6.07, 6.45) is 1.77. The summed E-state index contributed by atoms with van der Waals surface area (Å²) in [7, 11) is 0. The third-order valence-electron chi connectivity index (χ3n) is 1.02. The number of furan rings is 1. The molecule has 0 unspecified atom stereocenters. The summed E-state index contributed by atoms with van der Waals surface area (Å²) in [5, 5.41) is 0. The van der Waals surface area contributed by atoms with Gasteiger partial charge in [-0.05, 0) is 0 Å². The topological polar surface area (TPSA) is 13.1 Å². The number of rotatable bonds is 1. The van der Waals surface area contributed by atoms with Crippen molar-refractivity contribution in [1.29, 1.82) is 0 Å². The second-order valence-corrected chi connectivity index (χ2v) is 9.75. The molecule has 1 aromatic heterocycles. The molecule has 0 aliphatic heterocycles. The van der Waals surface area contributed by atoms with Crippen molar-refractivity contribution in [2.75, 3.05) is 0 Å². The maximum absolute atomic E-state index is 5.29. The van der Waals surface area contributed by atoms with Crippen LogP contribution in [-0.4, -0.2) is 21.1 Å². The predicted octanol–water partition coefficient (Wildman–Crippen LogP) is 1.83. The Bertz CT molecular complexity index is 184. The van der Waals surface area contributed by atoms with E-state index < -0.39 is 21.1 Å². The fraction of sp³-hybridized carbons (Fsp3) is 0.500. The monoisotopic (exact) mass is 244 g/mol. The molecule has 0 bridgehead atoms. The van der Waals surface area contributed by atoms with Crippen LogP contribution < -0.4 is 3.78 Å². The fourth-order valence-electron chi connectivity index (χ4n) is 0.719. The molecule has 1 aromatic rings. The zero-order valence-electron chi connectivity index (χ0n) is 6.64. The van der Waals surface area contributed by atoms with E-state index in [2.05, 4.69) is 26.8 Å². The van der Waals surface area contributed by atoms with E-state index in [1.165, 1.54) is 3.78 Å². The molecule has 0 saturated heterocycles. The molecule has 0 aliphatic rings. The molecular formula is C8H12OSn. The zero-order valence-corrected chi connectivity index (χ0v) is 9.49. The van der Waals surface area contributed by atoms with E-state index in [0.29, 0.717) is 3.43 Å². The molecule has 10 heavy (non-hydrogen) atoms. The summed E-state index contributed by atoms with van der Waals surface area (Å²) < 4.78 is 7.03. The summed E-state index contributed by atoms with van der Waals surface area (Å²) in [4.78, 5) is 0. The van der Waals surface area contributed by atoms with Crippen molar-refractivity contribution in [1.82, 2.24) is 0 Å². The van der Waals surface area contributed by atoms with Crippen LogP contribution in [0.2, 0.25) is 3.43 Å². The van der Waals surface area contributed by atoms with Gasteiger partial charge in [-0.1, -0.05) is 0 Å². The molecule has 0 aliphatic carbocycles. The van der Waals surface area contributed by atoms with Crippen molar-refractivity contribution in [3.05, 3.63) is 18.4 Å². The molecule has 2 heteroatoms. The Balaban J connectivity index is 2.57. The quantitative estimate of drug-likeness (QED) is 0.685. The standard InChI is InChI=1S/C4H3O.C4H9.Sn/c1-2-4-5-3-1;1-4(2)3;/h1-3H;1-3H3;. The summed E-state index contributed by atoms with van der Waals surface area (Å²) >= 11 is -0.469. The van der Waals surface area contributed by atoms with Gasteiger partial charge >= 0.3 is 71.9 Å². The van der Waals surface area contributed by atoms with Gasteiger partial charge in [-0.25, -0.2) is 0 Å². The molecule has 2 radical (unpaired) electrons. The van der Waals surface area contributed by atoms with Gasteiger partial charge < -0.3 is 0 Å². The molecule has 54 valence electrons. The van der Waals surface area contributed by atoms with E-state index in [1.807, 2.05) is 6.07 Å². The Labute approximate surface area is 72.0 Å². The second-order valence-electron chi connectivity index (χ2n) is 3.35. The third-order valence-corrected chi connectivity index (χ3v) is 4.68. The van der Waals surface area contributed by atoms with Gasteiger partial charge in [0.05, 0.1) is 0 Å². The minimum atomic E-state index is -0.469. The van der Waals surface area contributed by atoms with Gasteiger partial charge in [0, 0.05) is 0 Å². The molecule has 0 aromatic carbocycles. The van der Waals surface area contributed by atoms with Crippen molar-refractivity contribution < 1.29 is 4.42 Å². The van der Waals surface area contributed by atoms with Gasteiger partial charge in [-0.15, -0.1) is 0 Å². The Morgan fingerprint density at radius 1 is 1.40 bits per heavy atom.